The van der Waals surface area contributed by atoms with Crippen molar-refractivity contribution < 1.29 is 0 Å². The summed E-state index contributed by atoms with van der Waals surface area (Å²) in [6, 6.07) is 7.06. The van der Waals surface area contributed by atoms with Crippen molar-refractivity contribution in [1.29, 1.82) is 0 Å². The fraction of sp³-hybridized carbons (Fsp3) is 0.235. The molecular formula is C17H19ClN4OSi. The van der Waals surface area contributed by atoms with E-state index >= 15 is 0 Å². The Morgan fingerprint density at radius 2 is 1.96 bits per heavy atom. The first-order valence-corrected chi connectivity index (χ1v) is 11.6. The van der Waals surface area contributed by atoms with Gasteiger partial charge in [-0.2, -0.15) is 0 Å². The predicted molar refractivity (Wildman–Crippen MR) is 100 cm³/mol. The number of aromatic nitrogens is 4. The lowest BCUT2D eigenvalue weighted by Gasteiger charge is -2.12. The highest BCUT2D eigenvalue weighted by Gasteiger charge is 2.22. The van der Waals surface area contributed by atoms with E-state index in [4.69, 9.17) is 11.6 Å². The first kappa shape index (κ1) is 16.7. The van der Waals surface area contributed by atoms with Gasteiger partial charge in [0.05, 0.1) is 16.7 Å². The van der Waals surface area contributed by atoms with Gasteiger partial charge < -0.3 is 4.98 Å². The maximum Gasteiger partial charge on any atom is 0.185 e. The maximum absolute atomic E-state index is 12.0. The summed E-state index contributed by atoms with van der Waals surface area (Å²) in [7, 11) is -1.55. The Kier molecular flexibility index (Phi) is 4.19. The molecule has 7 heteroatoms. The fourth-order valence-corrected chi connectivity index (χ4v) is 3.50. The topological polar surface area (TPSA) is 63.6 Å². The molecule has 2 heterocycles. The van der Waals surface area contributed by atoms with Crippen molar-refractivity contribution >= 4 is 25.0 Å². The highest BCUT2D eigenvalue weighted by Crippen LogP contribution is 2.29. The summed E-state index contributed by atoms with van der Waals surface area (Å²) in [6.07, 6.45) is 3.61. The molecule has 0 bridgehead atoms. The van der Waals surface area contributed by atoms with E-state index in [1.165, 1.54) is 6.07 Å². The van der Waals surface area contributed by atoms with Crippen molar-refractivity contribution in [1.82, 2.24) is 20.0 Å². The first-order chi connectivity index (χ1) is 11.3. The van der Waals surface area contributed by atoms with E-state index in [1.807, 2.05) is 24.4 Å². The Bertz CT molecular complexity index is 956. The summed E-state index contributed by atoms with van der Waals surface area (Å²) < 4.78 is 1.75. The third kappa shape index (κ3) is 3.07. The maximum atomic E-state index is 12.0. The van der Waals surface area contributed by atoms with Crippen LogP contribution in [0.2, 0.25) is 24.7 Å². The van der Waals surface area contributed by atoms with Crippen LogP contribution in [-0.2, 0) is 0 Å². The summed E-state index contributed by atoms with van der Waals surface area (Å²) in [6.45, 7) is 8.47. The second kappa shape index (κ2) is 6.03. The van der Waals surface area contributed by atoms with Gasteiger partial charge in [0.25, 0.3) is 0 Å². The molecule has 0 aliphatic rings. The second-order valence-corrected chi connectivity index (χ2v) is 12.3. The van der Waals surface area contributed by atoms with Crippen molar-refractivity contribution in [2.45, 2.75) is 26.6 Å². The molecule has 0 saturated heterocycles. The summed E-state index contributed by atoms with van der Waals surface area (Å²) >= 11 is 6.19. The molecule has 5 nitrogen and oxygen atoms in total. The smallest absolute Gasteiger partial charge is 0.185 e. The largest absolute Gasteiger partial charge is 0.361 e. The van der Waals surface area contributed by atoms with E-state index in [9.17, 15) is 4.79 Å². The standard InChI is InChI=1S/C17H19ClN4OSi/c1-11-15(23)7-8-19-17(11)13-9-12(18)5-6-14(13)22-10-16(20-21-22)24(2,3)4/h5-10H,1-4H3,(H,19,23). The van der Waals surface area contributed by atoms with Crippen molar-refractivity contribution in [2.24, 2.45) is 0 Å². The number of aromatic amines is 1. The van der Waals surface area contributed by atoms with Gasteiger partial charge in [-0.3, -0.25) is 4.79 Å². The van der Waals surface area contributed by atoms with Gasteiger partial charge in [0.15, 0.2) is 5.43 Å². The minimum Gasteiger partial charge on any atom is -0.361 e. The Morgan fingerprint density at radius 3 is 2.62 bits per heavy atom. The van der Waals surface area contributed by atoms with Crippen LogP contribution in [-0.4, -0.2) is 28.1 Å². The number of hydrogen-bond donors (Lipinski definition) is 1. The van der Waals surface area contributed by atoms with E-state index in [0.717, 1.165) is 22.3 Å². The van der Waals surface area contributed by atoms with E-state index < -0.39 is 8.07 Å². The summed E-state index contributed by atoms with van der Waals surface area (Å²) in [5.41, 5.74) is 3.03. The number of halogens is 1. The molecule has 124 valence electrons. The predicted octanol–water partition coefficient (Wildman–Crippen LogP) is 3.13. The molecule has 0 aliphatic carbocycles. The van der Waals surface area contributed by atoms with Crippen molar-refractivity contribution in [3.8, 4) is 16.9 Å². The minimum absolute atomic E-state index is 0.0175. The SMILES string of the molecule is Cc1c(-c2cc(Cl)ccc2-n2cc([Si](C)(C)C)nn2)[nH]ccc1=O. The van der Waals surface area contributed by atoms with Gasteiger partial charge in [0.2, 0.25) is 0 Å². The van der Waals surface area contributed by atoms with Crippen molar-refractivity contribution in [2.75, 3.05) is 0 Å². The highest BCUT2D eigenvalue weighted by atomic mass is 35.5. The number of rotatable bonds is 3. The van der Waals surface area contributed by atoms with Gasteiger partial charge in [0, 0.05) is 34.6 Å². The summed E-state index contributed by atoms with van der Waals surface area (Å²) in [4.78, 5) is 15.2. The molecule has 2 aromatic heterocycles. The lowest BCUT2D eigenvalue weighted by molar-refractivity contribution is 0.805. The minimum atomic E-state index is -1.55. The van der Waals surface area contributed by atoms with Gasteiger partial charge in [-0.1, -0.05) is 36.5 Å². The number of pyridine rings is 1. The highest BCUT2D eigenvalue weighted by molar-refractivity contribution is 6.88. The molecule has 3 rings (SSSR count). The van der Waals surface area contributed by atoms with Crippen LogP contribution in [0.25, 0.3) is 16.9 Å². The molecule has 1 N–H and O–H groups in total. The molecule has 0 atom stereocenters. The van der Waals surface area contributed by atoms with Crippen molar-refractivity contribution in [3.05, 3.63) is 57.5 Å². The van der Waals surface area contributed by atoms with E-state index in [1.54, 1.807) is 17.8 Å². The lowest BCUT2D eigenvalue weighted by atomic mass is 10.0. The van der Waals surface area contributed by atoms with Crippen LogP contribution in [0, 0.1) is 6.92 Å². The molecule has 0 amide bonds. The normalized spacial score (nSPS) is 11.7. The number of H-pyrrole nitrogens is 1. The van der Waals surface area contributed by atoms with Crippen LogP contribution in [0.3, 0.4) is 0 Å². The quantitative estimate of drug-likeness (QED) is 0.731. The van der Waals surface area contributed by atoms with Crippen LogP contribution in [0.5, 0.6) is 0 Å². The molecule has 0 radical (unpaired) electrons. The van der Waals surface area contributed by atoms with E-state index in [-0.39, 0.29) is 5.43 Å². The van der Waals surface area contributed by atoms with Crippen LogP contribution in [0.4, 0.5) is 0 Å². The summed E-state index contributed by atoms with van der Waals surface area (Å²) in [5, 5.41) is 10.2. The van der Waals surface area contributed by atoms with Gasteiger partial charge in [-0.25, -0.2) is 4.68 Å². The monoisotopic (exact) mass is 358 g/mol. The Balaban J connectivity index is 2.22. The Hall–Kier alpha value is -2.18. The molecule has 3 aromatic rings. The molecule has 0 unspecified atom stereocenters. The number of nitrogens with one attached hydrogen (secondary N) is 1. The molecule has 0 fully saturated rings. The zero-order valence-electron chi connectivity index (χ0n) is 14.1. The van der Waals surface area contributed by atoms with Gasteiger partial charge in [-0.05, 0) is 25.1 Å². The molecular weight excluding hydrogens is 340 g/mol. The second-order valence-electron chi connectivity index (χ2n) is 6.80. The van der Waals surface area contributed by atoms with E-state index in [2.05, 4.69) is 34.9 Å². The van der Waals surface area contributed by atoms with Crippen LogP contribution >= 0.6 is 11.6 Å². The Labute approximate surface area is 146 Å². The Morgan fingerprint density at radius 1 is 1.21 bits per heavy atom. The lowest BCUT2D eigenvalue weighted by Crippen LogP contribution is -2.38. The third-order valence-corrected chi connectivity index (χ3v) is 5.94. The molecule has 1 aromatic carbocycles. The average molecular weight is 359 g/mol. The molecule has 0 spiro atoms. The van der Waals surface area contributed by atoms with Crippen LogP contribution in [0.1, 0.15) is 5.56 Å². The van der Waals surface area contributed by atoms with Crippen LogP contribution in [0.15, 0.2) is 41.5 Å². The zero-order chi connectivity index (χ0) is 17.5. The third-order valence-electron chi connectivity index (χ3n) is 3.94. The van der Waals surface area contributed by atoms with Crippen molar-refractivity contribution in [3.63, 3.8) is 0 Å². The van der Waals surface area contributed by atoms with Gasteiger partial charge in [-0.15, -0.1) is 5.10 Å². The van der Waals surface area contributed by atoms with Gasteiger partial charge >= 0.3 is 0 Å². The number of nitrogens with zero attached hydrogens (tertiary/aromatic N) is 3. The van der Waals surface area contributed by atoms with Crippen LogP contribution < -0.4 is 10.7 Å². The van der Waals surface area contributed by atoms with E-state index in [0.29, 0.717) is 10.6 Å². The molecule has 0 saturated carbocycles. The molecule has 24 heavy (non-hydrogen) atoms. The fourth-order valence-electron chi connectivity index (χ4n) is 2.47. The zero-order valence-corrected chi connectivity index (χ0v) is 15.8. The summed E-state index contributed by atoms with van der Waals surface area (Å²) in [5.74, 6) is 0. The molecule has 0 aliphatic heterocycles. The first-order valence-electron chi connectivity index (χ1n) is 7.69. The average Bonchev–Trinajstić information content (AvgIpc) is 3.00. The number of hydrogen-bond acceptors (Lipinski definition) is 3. The number of benzene rings is 1. The van der Waals surface area contributed by atoms with Gasteiger partial charge in [0.1, 0.15) is 8.07 Å².